The number of carbonyl (C=O) groups excluding carboxylic acids is 3. The number of aliphatic carboxylic acids is 1. The molecule has 7 atom stereocenters. The summed E-state index contributed by atoms with van der Waals surface area (Å²) >= 11 is 0. The van der Waals surface area contributed by atoms with E-state index in [0.717, 1.165) is 87.3 Å². The van der Waals surface area contributed by atoms with E-state index in [1.165, 1.54) is 25.7 Å². The van der Waals surface area contributed by atoms with E-state index in [0.29, 0.717) is 36.0 Å². The fourth-order valence-corrected chi connectivity index (χ4v) is 12.2. The number of esters is 3. The van der Waals surface area contributed by atoms with Gasteiger partial charge in [-0.25, -0.2) is 19.2 Å². The minimum atomic E-state index is -1.86. The number of carboxylic acid groups (broad SMARTS) is 1. The van der Waals surface area contributed by atoms with Crippen LogP contribution in [0.3, 0.4) is 0 Å². The largest absolute Gasteiger partial charge is 0.479 e. The molecule has 408 valence electrons. The number of hydrogen-bond acceptors (Lipinski definition) is 12. The number of ether oxygens (including phenoxy) is 6. The molecule has 0 spiro atoms. The van der Waals surface area contributed by atoms with Gasteiger partial charge in [-0.1, -0.05) is 179 Å². The molecule has 5 fully saturated rings. The normalized spacial score (nSPS) is 28.8. The van der Waals surface area contributed by atoms with Crippen molar-refractivity contribution in [1.82, 2.24) is 0 Å². The molecule has 13 nitrogen and oxygen atoms in total. The van der Waals surface area contributed by atoms with Crippen molar-refractivity contribution in [3.8, 4) is 0 Å². The predicted molar refractivity (Wildman–Crippen MR) is 287 cm³/mol. The lowest BCUT2D eigenvalue weighted by Gasteiger charge is -2.43. The maximum absolute atomic E-state index is 12.5. The predicted octanol–water partition coefficient (Wildman–Crippen LogP) is 12.3. The van der Waals surface area contributed by atoms with Crippen LogP contribution in [0.5, 0.6) is 0 Å². The van der Waals surface area contributed by atoms with Gasteiger partial charge in [-0.15, -0.1) is 0 Å². The zero-order valence-corrected chi connectivity index (χ0v) is 43.7. The highest BCUT2D eigenvalue weighted by atomic mass is 16.8. The van der Waals surface area contributed by atoms with Crippen molar-refractivity contribution >= 4 is 23.9 Å². The lowest BCUT2D eigenvalue weighted by Crippen LogP contribution is -2.56. The van der Waals surface area contributed by atoms with Crippen LogP contribution in [0, 0.1) is 5.92 Å². The smallest absolute Gasteiger partial charge is 0.349 e. The topological polar surface area (TPSA) is 184 Å². The van der Waals surface area contributed by atoms with E-state index in [1.807, 2.05) is 97.1 Å². The molecule has 3 N–H and O–H groups in total. The molecule has 2 saturated carbocycles. The molecule has 4 aromatic carbocycles. The molecule has 0 amide bonds. The first-order valence-electron chi connectivity index (χ1n) is 27.2. The molecule has 0 aromatic heterocycles. The van der Waals surface area contributed by atoms with Crippen LogP contribution in [0.15, 0.2) is 145 Å². The van der Waals surface area contributed by atoms with Gasteiger partial charge >= 0.3 is 23.9 Å². The van der Waals surface area contributed by atoms with Gasteiger partial charge in [0.1, 0.15) is 5.60 Å². The average molecular weight is 1040 g/mol. The molecule has 3 saturated heterocycles. The van der Waals surface area contributed by atoms with Crippen LogP contribution in [0.25, 0.3) is 0 Å². The molecule has 4 aromatic rings. The van der Waals surface area contributed by atoms with E-state index in [4.69, 9.17) is 28.4 Å². The second-order valence-corrected chi connectivity index (χ2v) is 20.7. The molecule has 13 heteroatoms. The summed E-state index contributed by atoms with van der Waals surface area (Å²) in [6, 6.07) is 37.4. The third kappa shape index (κ3) is 11.6. The summed E-state index contributed by atoms with van der Waals surface area (Å²) in [5.41, 5.74) is -1.72. The van der Waals surface area contributed by atoms with Crippen LogP contribution in [-0.2, 0) is 70.0 Å². The Labute approximate surface area is 448 Å². The fourth-order valence-electron chi connectivity index (χ4n) is 12.2. The molecule has 7 aliphatic rings. The molecule has 3 heterocycles. The Morgan fingerprint density at radius 1 is 0.539 bits per heavy atom. The van der Waals surface area contributed by atoms with Gasteiger partial charge in [0.15, 0.2) is 5.60 Å². The molecule has 0 radical (unpaired) electrons. The maximum Gasteiger partial charge on any atom is 0.349 e. The number of benzene rings is 4. The van der Waals surface area contributed by atoms with Gasteiger partial charge in [0.25, 0.3) is 0 Å². The van der Waals surface area contributed by atoms with E-state index < -0.39 is 58.8 Å². The highest BCUT2D eigenvalue weighted by Gasteiger charge is 2.64. The number of aliphatic hydroxyl groups is 2. The standard InChI is InChI=1S/C16H20O4.C16H20O3.C16H18O3.C14H16O3.CH4/c1-12-19-14(17)16(20-12,13-8-4-2-5-9-13)15(18)10-6-3-7-11-15;2*1-12-18-15(17)16(19-12,13-8-4-2-5-9-13)14-10-6-3-7-11-14;15-13(16)14(17,11-7-3-1-4-8-11)12-9-5-2-6-10-12;/h2,4-5,8-9,12,18H,3,6-7,10-11H2,1H3;2,4-5,8-9,12,14H,3,6-7,10-11H2,1H3;2,4-5,8-10,12H,3,6-7,11H2,1H3;1,3-4,7-9,17H,2,5-6,10H2,(H,15,16);1H4. The molecule has 3 aliphatic heterocycles. The zero-order chi connectivity index (χ0) is 53.1. The molecular formula is C63H78O13. The number of carboxylic acids is 1. The van der Waals surface area contributed by atoms with Gasteiger partial charge in [-0.05, 0) is 131 Å². The lowest BCUT2D eigenvalue weighted by atomic mass is 9.69. The van der Waals surface area contributed by atoms with E-state index >= 15 is 0 Å². The summed E-state index contributed by atoms with van der Waals surface area (Å²) in [5, 5.41) is 31.0. The van der Waals surface area contributed by atoms with Crippen molar-refractivity contribution in [1.29, 1.82) is 0 Å². The maximum atomic E-state index is 12.5. The van der Waals surface area contributed by atoms with Crippen LogP contribution in [0.1, 0.15) is 166 Å². The van der Waals surface area contributed by atoms with E-state index in [1.54, 1.807) is 51.1 Å². The van der Waals surface area contributed by atoms with Crippen molar-refractivity contribution < 1.29 is 62.9 Å². The lowest BCUT2D eigenvalue weighted by molar-refractivity contribution is -0.197. The van der Waals surface area contributed by atoms with Crippen LogP contribution in [-0.4, -0.2) is 63.7 Å². The summed E-state index contributed by atoms with van der Waals surface area (Å²) in [4.78, 5) is 48.8. The third-order valence-electron chi connectivity index (χ3n) is 15.8. The highest BCUT2D eigenvalue weighted by Crippen LogP contribution is 2.51. The zero-order valence-electron chi connectivity index (χ0n) is 43.7. The first-order valence-corrected chi connectivity index (χ1v) is 27.2. The van der Waals surface area contributed by atoms with Crippen molar-refractivity contribution in [3.05, 3.63) is 167 Å². The van der Waals surface area contributed by atoms with Crippen molar-refractivity contribution in [2.24, 2.45) is 5.92 Å². The third-order valence-corrected chi connectivity index (χ3v) is 15.8. The van der Waals surface area contributed by atoms with Gasteiger partial charge in [0.2, 0.25) is 35.7 Å². The number of cyclic esters (lactones) is 3. The average Bonchev–Trinajstić information content (AvgIpc) is 4.09. The Balaban J connectivity index is 0.000000147. The van der Waals surface area contributed by atoms with Gasteiger partial charge in [-0.2, -0.15) is 0 Å². The minimum Gasteiger partial charge on any atom is -0.479 e. The van der Waals surface area contributed by atoms with E-state index in [9.17, 15) is 34.5 Å². The Kier molecular flexibility index (Phi) is 19.3. The molecule has 0 bridgehead atoms. The number of hydrogen-bond donors (Lipinski definition) is 3. The van der Waals surface area contributed by atoms with Crippen LogP contribution < -0.4 is 0 Å². The molecule has 7 unspecified atom stereocenters. The Morgan fingerprint density at radius 3 is 1.50 bits per heavy atom. The van der Waals surface area contributed by atoms with E-state index in [-0.39, 0.29) is 25.3 Å². The second-order valence-electron chi connectivity index (χ2n) is 20.7. The summed E-state index contributed by atoms with van der Waals surface area (Å²) in [6.45, 7) is 5.26. The molecule has 76 heavy (non-hydrogen) atoms. The molecule has 11 rings (SSSR count). The van der Waals surface area contributed by atoms with Crippen LogP contribution >= 0.6 is 0 Å². The summed E-state index contributed by atoms with van der Waals surface area (Å²) in [7, 11) is 0. The van der Waals surface area contributed by atoms with Gasteiger partial charge < -0.3 is 43.7 Å². The molecule has 4 aliphatic carbocycles. The highest BCUT2D eigenvalue weighted by molar-refractivity contribution is 5.87. The first kappa shape index (κ1) is 57.7. The van der Waals surface area contributed by atoms with Crippen molar-refractivity contribution in [3.63, 3.8) is 0 Å². The van der Waals surface area contributed by atoms with Gasteiger partial charge in [-0.3, -0.25) is 0 Å². The summed E-state index contributed by atoms with van der Waals surface area (Å²) in [6.07, 6.45) is 19.8. The summed E-state index contributed by atoms with van der Waals surface area (Å²) < 4.78 is 33.7. The number of carbonyl (C=O) groups is 4. The van der Waals surface area contributed by atoms with Crippen molar-refractivity contribution in [2.45, 2.75) is 191 Å². The minimum absolute atomic E-state index is 0. The SMILES string of the molecule is C.CC1OC(=O)C(C2=CCCCC2)(c2ccccc2)O1.CC1OC(=O)C(c2ccccc2)(C2(O)CCCCC2)O1.CC1OC(=O)C(c2ccccc2)(C2CCCCC2)O1.O=C(O)C(O)(C1=CCCCC1)c1ccccc1. The summed E-state index contributed by atoms with van der Waals surface area (Å²) in [5.74, 6) is -1.92. The Bertz CT molecular complexity index is 2610. The van der Waals surface area contributed by atoms with Crippen LogP contribution in [0.4, 0.5) is 0 Å². The molecular weight excluding hydrogens is 965 g/mol. The Morgan fingerprint density at radius 2 is 1.03 bits per heavy atom. The van der Waals surface area contributed by atoms with Crippen LogP contribution in [0.2, 0.25) is 0 Å². The second kappa shape index (κ2) is 25.5. The quantitative estimate of drug-likeness (QED) is 0.0818. The van der Waals surface area contributed by atoms with Gasteiger partial charge in [0.05, 0.1) is 0 Å². The Hall–Kier alpha value is -5.96. The first-order chi connectivity index (χ1) is 36.2. The van der Waals surface area contributed by atoms with E-state index in [2.05, 4.69) is 6.08 Å². The van der Waals surface area contributed by atoms with Crippen molar-refractivity contribution in [2.75, 3.05) is 0 Å². The monoisotopic (exact) mass is 1040 g/mol. The number of allylic oxidation sites excluding steroid dienone is 2. The fraction of sp³-hybridized carbons (Fsp3) is 0.492. The number of rotatable bonds is 9. The van der Waals surface area contributed by atoms with Gasteiger partial charge in [0, 0.05) is 5.92 Å².